The second-order valence-corrected chi connectivity index (χ2v) is 5.57. The summed E-state index contributed by atoms with van der Waals surface area (Å²) >= 11 is 7.21. The van der Waals surface area contributed by atoms with E-state index >= 15 is 0 Å². The molecular formula is C14H16ClNO5S. The number of nitrogens with one attached hydrogen (secondary N) is 1. The molecule has 6 nitrogen and oxygen atoms in total. The van der Waals surface area contributed by atoms with Crippen LogP contribution < -0.4 is 5.32 Å². The van der Waals surface area contributed by atoms with Gasteiger partial charge in [-0.2, -0.15) is 0 Å². The van der Waals surface area contributed by atoms with Gasteiger partial charge in [0.25, 0.3) is 0 Å². The Morgan fingerprint density at radius 3 is 2.50 bits per heavy atom. The average molecular weight is 346 g/mol. The first kappa shape index (κ1) is 18.3. The van der Waals surface area contributed by atoms with Crippen LogP contribution in [-0.4, -0.2) is 43.9 Å². The standard InChI is InChI=1S/C14H16ClNO5S/c1-20-13(18)7-10(14(19)21-2)16-12(17)8-22-11-6-4-3-5-9(11)15/h3-6,10H,7-8H2,1-2H3,(H,16,17). The van der Waals surface area contributed by atoms with Crippen LogP contribution in [0.25, 0.3) is 0 Å². The van der Waals surface area contributed by atoms with Crippen LogP contribution in [0.1, 0.15) is 6.42 Å². The van der Waals surface area contributed by atoms with Gasteiger partial charge in [0.05, 0.1) is 31.4 Å². The monoisotopic (exact) mass is 345 g/mol. The Hall–Kier alpha value is -1.73. The highest BCUT2D eigenvalue weighted by Crippen LogP contribution is 2.26. The van der Waals surface area contributed by atoms with Crippen molar-refractivity contribution in [2.75, 3.05) is 20.0 Å². The summed E-state index contributed by atoms with van der Waals surface area (Å²) in [6.07, 6.45) is -0.286. The zero-order valence-corrected chi connectivity index (χ0v) is 13.7. The largest absolute Gasteiger partial charge is 0.469 e. The molecule has 0 radical (unpaired) electrons. The van der Waals surface area contributed by atoms with Crippen molar-refractivity contribution >= 4 is 41.2 Å². The molecule has 0 bridgehead atoms. The molecule has 0 saturated carbocycles. The minimum atomic E-state index is -1.07. The molecule has 1 unspecified atom stereocenters. The van der Waals surface area contributed by atoms with E-state index in [0.29, 0.717) is 5.02 Å². The molecule has 0 aliphatic rings. The normalized spacial score (nSPS) is 11.4. The second-order valence-electron chi connectivity index (χ2n) is 4.14. The summed E-state index contributed by atoms with van der Waals surface area (Å²) in [5.74, 6) is -1.68. The van der Waals surface area contributed by atoms with E-state index in [1.807, 2.05) is 0 Å². The molecular weight excluding hydrogens is 330 g/mol. The highest BCUT2D eigenvalue weighted by atomic mass is 35.5. The van der Waals surface area contributed by atoms with Crippen LogP contribution in [0.3, 0.4) is 0 Å². The van der Waals surface area contributed by atoms with Gasteiger partial charge in [0.15, 0.2) is 0 Å². The number of amides is 1. The molecule has 1 amide bonds. The van der Waals surface area contributed by atoms with Gasteiger partial charge >= 0.3 is 11.9 Å². The van der Waals surface area contributed by atoms with Gasteiger partial charge in [-0.25, -0.2) is 4.79 Å². The summed E-state index contributed by atoms with van der Waals surface area (Å²) in [5.41, 5.74) is 0. The smallest absolute Gasteiger partial charge is 0.328 e. The van der Waals surface area contributed by atoms with Crippen LogP contribution in [-0.2, 0) is 23.9 Å². The number of carbonyl (C=O) groups is 3. The van der Waals surface area contributed by atoms with Crippen molar-refractivity contribution in [1.82, 2.24) is 5.32 Å². The number of carbonyl (C=O) groups excluding carboxylic acids is 3. The van der Waals surface area contributed by atoms with Gasteiger partial charge in [0.2, 0.25) is 5.91 Å². The van der Waals surface area contributed by atoms with Crippen LogP contribution in [0, 0.1) is 0 Å². The molecule has 0 saturated heterocycles. The number of methoxy groups -OCH3 is 2. The van der Waals surface area contributed by atoms with E-state index in [1.165, 1.54) is 26.0 Å². The predicted octanol–water partition coefficient (Wildman–Crippen LogP) is 1.65. The lowest BCUT2D eigenvalue weighted by molar-refractivity contribution is -0.150. The number of ether oxygens (including phenoxy) is 2. The summed E-state index contributed by atoms with van der Waals surface area (Å²) in [5, 5.41) is 2.99. The third-order valence-corrected chi connectivity index (χ3v) is 4.13. The quantitative estimate of drug-likeness (QED) is 0.598. The Kier molecular flexibility index (Phi) is 7.76. The lowest BCUT2D eigenvalue weighted by atomic mass is 10.2. The van der Waals surface area contributed by atoms with Crippen molar-refractivity contribution in [3.63, 3.8) is 0 Å². The van der Waals surface area contributed by atoms with E-state index in [0.717, 1.165) is 4.90 Å². The Morgan fingerprint density at radius 1 is 1.23 bits per heavy atom. The first-order valence-corrected chi connectivity index (χ1v) is 7.65. The van der Waals surface area contributed by atoms with E-state index in [9.17, 15) is 14.4 Å². The summed E-state index contributed by atoms with van der Waals surface area (Å²) in [4.78, 5) is 35.4. The molecule has 1 aromatic rings. The lowest BCUT2D eigenvalue weighted by Crippen LogP contribution is -2.43. The van der Waals surface area contributed by atoms with Crippen molar-refractivity contribution in [3.05, 3.63) is 29.3 Å². The number of esters is 2. The maximum atomic E-state index is 11.9. The molecule has 0 fully saturated rings. The molecule has 120 valence electrons. The zero-order chi connectivity index (χ0) is 16.5. The Bertz CT molecular complexity index is 552. The molecule has 1 aromatic carbocycles. The molecule has 0 aliphatic heterocycles. The maximum absolute atomic E-state index is 11.9. The Balaban J connectivity index is 2.57. The van der Waals surface area contributed by atoms with Crippen molar-refractivity contribution in [3.8, 4) is 0 Å². The fourth-order valence-electron chi connectivity index (χ4n) is 1.53. The van der Waals surface area contributed by atoms with Gasteiger partial charge in [-0.05, 0) is 12.1 Å². The van der Waals surface area contributed by atoms with Crippen molar-refractivity contribution in [2.45, 2.75) is 17.4 Å². The lowest BCUT2D eigenvalue weighted by Gasteiger charge is -2.15. The fourth-order valence-corrected chi connectivity index (χ4v) is 2.58. The van der Waals surface area contributed by atoms with Crippen molar-refractivity contribution in [1.29, 1.82) is 0 Å². The molecule has 1 rings (SSSR count). The average Bonchev–Trinajstić information content (AvgIpc) is 2.52. The van der Waals surface area contributed by atoms with Crippen molar-refractivity contribution < 1.29 is 23.9 Å². The highest BCUT2D eigenvalue weighted by molar-refractivity contribution is 8.00. The number of halogens is 1. The van der Waals surface area contributed by atoms with Crippen LogP contribution in [0.15, 0.2) is 29.2 Å². The van der Waals surface area contributed by atoms with Crippen LogP contribution in [0.2, 0.25) is 5.02 Å². The number of benzene rings is 1. The third kappa shape index (κ3) is 5.95. The SMILES string of the molecule is COC(=O)CC(NC(=O)CSc1ccccc1Cl)C(=O)OC. The number of hydrogen-bond acceptors (Lipinski definition) is 6. The fraction of sp³-hybridized carbons (Fsp3) is 0.357. The van der Waals surface area contributed by atoms with Crippen LogP contribution in [0.5, 0.6) is 0 Å². The predicted molar refractivity (Wildman–Crippen MR) is 82.8 cm³/mol. The number of thioether (sulfide) groups is 1. The molecule has 0 heterocycles. The highest BCUT2D eigenvalue weighted by Gasteiger charge is 2.25. The van der Waals surface area contributed by atoms with Gasteiger partial charge in [-0.3, -0.25) is 9.59 Å². The third-order valence-electron chi connectivity index (χ3n) is 2.61. The minimum absolute atomic E-state index is 0.0540. The van der Waals surface area contributed by atoms with Crippen molar-refractivity contribution in [2.24, 2.45) is 0 Å². The van der Waals surface area contributed by atoms with Crippen LogP contribution >= 0.6 is 23.4 Å². The van der Waals surface area contributed by atoms with E-state index in [4.69, 9.17) is 11.6 Å². The van der Waals surface area contributed by atoms with Gasteiger partial charge in [0, 0.05) is 4.90 Å². The van der Waals surface area contributed by atoms with Gasteiger partial charge in [0.1, 0.15) is 6.04 Å². The maximum Gasteiger partial charge on any atom is 0.328 e. The van der Waals surface area contributed by atoms with E-state index in [2.05, 4.69) is 14.8 Å². The second kappa shape index (κ2) is 9.32. The molecule has 1 atom stereocenters. The molecule has 8 heteroatoms. The molecule has 22 heavy (non-hydrogen) atoms. The van der Waals surface area contributed by atoms with E-state index < -0.39 is 23.9 Å². The molecule has 0 spiro atoms. The summed E-state index contributed by atoms with van der Waals surface area (Å²) in [6.45, 7) is 0. The van der Waals surface area contributed by atoms with Gasteiger partial charge < -0.3 is 14.8 Å². The minimum Gasteiger partial charge on any atom is -0.469 e. The molecule has 1 N–H and O–H groups in total. The number of hydrogen-bond donors (Lipinski definition) is 1. The molecule has 0 aliphatic carbocycles. The topological polar surface area (TPSA) is 81.7 Å². The molecule has 0 aromatic heterocycles. The van der Waals surface area contributed by atoms with Gasteiger partial charge in [-0.15, -0.1) is 11.8 Å². The van der Waals surface area contributed by atoms with E-state index in [-0.39, 0.29) is 12.2 Å². The zero-order valence-electron chi connectivity index (χ0n) is 12.1. The first-order valence-electron chi connectivity index (χ1n) is 6.29. The van der Waals surface area contributed by atoms with E-state index in [1.54, 1.807) is 24.3 Å². The Morgan fingerprint density at radius 2 is 1.91 bits per heavy atom. The summed E-state index contributed by atoms with van der Waals surface area (Å²) in [7, 11) is 2.38. The summed E-state index contributed by atoms with van der Waals surface area (Å²) in [6, 6.07) is 6.02. The first-order chi connectivity index (χ1) is 10.5. The van der Waals surface area contributed by atoms with Crippen LogP contribution in [0.4, 0.5) is 0 Å². The van der Waals surface area contributed by atoms with Gasteiger partial charge in [-0.1, -0.05) is 23.7 Å². The Labute approximate surface area is 137 Å². The number of rotatable bonds is 7. The summed E-state index contributed by atoms with van der Waals surface area (Å²) < 4.78 is 9.03.